The SMILES string of the molecule is COc1ccc(NC(=N)Nc2ccc3c4c(cccc24)C=C3)cc1. The fourth-order valence-corrected chi connectivity index (χ4v) is 3.01. The lowest BCUT2D eigenvalue weighted by molar-refractivity contribution is 0.415. The van der Waals surface area contributed by atoms with Crippen molar-refractivity contribution >= 4 is 40.3 Å². The third-order valence-corrected chi connectivity index (χ3v) is 4.17. The second-order valence-electron chi connectivity index (χ2n) is 5.66. The van der Waals surface area contributed by atoms with Gasteiger partial charge in [-0.15, -0.1) is 0 Å². The summed E-state index contributed by atoms with van der Waals surface area (Å²) in [5, 5.41) is 16.8. The van der Waals surface area contributed by atoms with Crippen LogP contribution in [0.1, 0.15) is 11.1 Å². The fraction of sp³-hybridized carbons (Fsp3) is 0.0500. The summed E-state index contributed by atoms with van der Waals surface area (Å²) in [5.74, 6) is 1.02. The van der Waals surface area contributed by atoms with Gasteiger partial charge in [0, 0.05) is 16.8 Å². The molecule has 0 saturated heterocycles. The summed E-state index contributed by atoms with van der Waals surface area (Å²) in [6, 6.07) is 17.8. The van der Waals surface area contributed by atoms with Crippen molar-refractivity contribution in [2.45, 2.75) is 0 Å². The zero-order valence-electron chi connectivity index (χ0n) is 13.3. The highest BCUT2D eigenvalue weighted by Crippen LogP contribution is 2.35. The molecule has 3 aromatic rings. The Kier molecular flexibility index (Phi) is 3.43. The smallest absolute Gasteiger partial charge is 0.197 e. The molecule has 1 aliphatic carbocycles. The van der Waals surface area contributed by atoms with Crippen molar-refractivity contribution in [1.29, 1.82) is 5.41 Å². The van der Waals surface area contributed by atoms with Gasteiger partial charge in [-0.2, -0.15) is 0 Å². The molecule has 0 atom stereocenters. The van der Waals surface area contributed by atoms with E-state index in [0.717, 1.165) is 22.5 Å². The van der Waals surface area contributed by atoms with Crippen LogP contribution in [0.2, 0.25) is 0 Å². The summed E-state index contributed by atoms with van der Waals surface area (Å²) in [4.78, 5) is 0. The van der Waals surface area contributed by atoms with Crippen molar-refractivity contribution in [3.8, 4) is 5.75 Å². The van der Waals surface area contributed by atoms with Gasteiger partial charge in [0.25, 0.3) is 0 Å². The van der Waals surface area contributed by atoms with E-state index in [1.54, 1.807) is 7.11 Å². The van der Waals surface area contributed by atoms with Gasteiger partial charge >= 0.3 is 0 Å². The minimum atomic E-state index is 0.229. The number of guanidine groups is 1. The van der Waals surface area contributed by atoms with E-state index in [1.165, 1.54) is 16.5 Å². The molecule has 0 amide bonds. The van der Waals surface area contributed by atoms with Crippen LogP contribution in [0.4, 0.5) is 11.4 Å². The molecule has 4 nitrogen and oxygen atoms in total. The minimum absolute atomic E-state index is 0.229. The molecule has 3 aromatic carbocycles. The van der Waals surface area contributed by atoms with Gasteiger partial charge in [0.1, 0.15) is 5.75 Å². The Hall–Kier alpha value is -3.27. The van der Waals surface area contributed by atoms with Crippen molar-refractivity contribution in [3.05, 3.63) is 65.7 Å². The maximum Gasteiger partial charge on any atom is 0.197 e. The molecule has 4 heteroatoms. The molecule has 0 bridgehead atoms. The van der Waals surface area contributed by atoms with Crippen LogP contribution in [0.15, 0.2) is 54.6 Å². The molecule has 0 saturated carbocycles. The molecule has 0 aliphatic heterocycles. The van der Waals surface area contributed by atoms with E-state index in [9.17, 15) is 0 Å². The molecule has 0 radical (unpaired) electrons. The molecule has 0 unspecified atom stereocenters. The summed E-state index contributed by atoms with van der Waals surface area (Å²) < 4.78 is 5.14. The van der Waals surface area contributed by atoms with Crippen molar-refractivity contribution in [2.24, 2.45) is 0 Å². The maximum atomic E-state index is 8.19. The van der Waals surface area contributed by atoms with E-state index in [-0.39, 0.29) is 5.96 Å². The second-order valence-corrected chi connectivity index (χ2v) is 5.66. The molecule has 0 fully saturated rings. The van der Waals surface area contributed by atoms with Gasteiger partial charge in [0.05, 0.1) is 7.11 Å². The van der Waals surface area contributed by atoms with Gasteiger partial charge in [-0.1, -0.05) is 36.4 Å². The first-order valence-corrected chi connectivity index (χ1v) is 7.75. The zero-order chi connectivity index (χ0) is 16.5. The predicted molar refractivity (Wildman–Crippen MR) is 101 cm³/mol. The predicted octanol–water partition coefficient (Wildman–Crippen LogP) is 4.79. The molecule has 118 valence electrons. The summed E-state index contributed by atoms with van der Waals surface area (Å²) >= 11 is 0. The maximum absolute atomic E-state index is 8.19. The average molecular weight is 315 g/mol. The van der Waals surface area contributed by atoms with E-state index in [4.69, 9.17) is 10.1 Å². The average Bonchev–Trinajstić information content (AvgIpc) is 3.03. The standard InChI is InChI=1S/C20H17N3O/c1-24-16-10-8-15(9-11-16)22-20(21)23-18-12-7-14-6-5-13-3-2-4-17(18)19(13)14/h2-12H,1H3,(H3,21,22,23). The van der Waals surface area contributed by atoms with Gasteiger partial charge in [-0.05, 0) is 46.8 Å². The van der Waals surface area contributed by atoms with Gasteiger partial charge in [-0.25, -0.2) is 0 Å². The third kappa shape index (κ3) is 2.48. The Morgan fingerprint density at radius 3 is 2.38 bits per heavy atom. The number of anilines is 2. The van der Waals surface area contributed by atoms with Crippen LogP contribution in [0.5, 0.6) is 5.75 Å². The molecular weight excluding hydrogens is 298 g/mol. The van der Waals surface area contributed by atoms with Crippen LogP contribution in [0, 0.1) is 5.41 Å². The highest BCUT2D eigenvalue weighted by Gasteiger charge is 2.12. The lowest BCUT2D eigenvalue weighted by atomic mass is 10.0. The van der Waals surface area contributed by atoms with Gasteiger partial charge in [0.15, 0.2) is 5.96 Å². The molecule has 1 aliphatic rings. The molecule has 0 spiro atoms. The molecule has 3 N–H and O–H groups in total. The van der Waals surface area contributed by atoms with Gasteiger partial charge < -0.3 is 15.4 Å². The Labute approximate surface area is 140 Å². The summed E-state index contributed by atoms with van der Waals surface area (Å²) in [6.07, 6.45) is 4.25. The third-order valence-electron chi connectivity index (χ3n) is 4.17. The Balaban J connectivity index is 1.57. The first-order valence-electron chi connectivity index (χ1n) is 7.75. The Bertz CT molecular complexity index is 946. The summed E-state index contributed by atoms with van der Waals surface area (Å²) in [5.41, 5.74) is 4.20. The number of nitrogens with one attached hydrogen (secondary N) is 3. The van der Waals surface area contributed by atoms with E-state index < -0.39 is 0 Å². The quantitative estimate of drug-likeness (QED) is 0.376. The Morgan fingerprint density at radius 1 is 0.875 bits per heavy atom. The van der Waals surface area contributed by atoms with Crippen molar-refractivity contribution in [3.63, 3.8) is 0 Å². The topological polar surface area (TPSA) is 57.1 Å². The fourth-order valence-electron chi connectivity index (χ4n) is 3.01. The first kappa shape index (κ1) is 14.3. The van der Waals surface area contributed by atoms with Gasteiger partial charge in [0.2, 0.25) is 0 Å². The number of hydrogen-bond acceptors (Lipinski definition) is 2. The van der Waals surface area contributed by atoms with Crippen molar-refractivity contribution < 1.29 is 4.74 Å². The van der Waals surface area contributed by atoms with Gasteiger partial charge in [-0.3, -0.25) is 5.41 Å². The minimum Gasteiger partial charge on any atom is -0.497 e. The number of rotatable bonds is 3. The van der Waals surface area contributed by atoms with E-state index in [1.807, 2.05) is 36.4 Å². The van der Waals surface area contributed by atoms with Crippen LogP contribution >= 0.6 is 0 Å². The lowest BCUT2D eigenvalue weighted by Gasteiger charge is -2.14. The van der Waals surface area contributed by atoms with Crippen LogP contribution in [-0.2, 0) is 0 Å². The molecular formula is C20H17N3O. The Morgan fingerprint density at radius 2 is 1.62 bits per heavy atom. The monoisotopic (exact) mass is 315 g/mol. The zero-order valence-corrected chi connectivity index (χ0v) is 13.3. The first-order chi connectivity index (χ1) is 11.7. The summed E-state index contributed by atoms with van der Waals surface area (Å²) in [6.45, 7) is 0. The number of ether oxygens (including phenoxy) is 1. The normalized spacial score (nSPS) is 11.5. The number of methoxy groups -OCH3 is 1. The number of benzene rings is 3. The number of hydrogen-bond donors (Lipinski definition) is 3. The summed E-state index contributed by atoms with van der Waals surface area (Å²) in [7, 11) is 1.64. The van der Waals surface area contributed by atoms with Crippen molar-refractivity contribution in [1.82, 2.24) is 0 Å². The molecule has 0 heterocycles. The molecule has 4 rings (SSSR count). The van der Waals surface area contributed by atoms with Crippen molar-refractivity contribution in [2.75, 3.05) is 17.7 Å². The van der Waals surface area contributed by atoms with Crippen LogP contribution in [0.25, 0.3) is 22.9 Å². The van der Waals surface area contributed by atoms with E-state index in [0.29, 0.717) is 0 Å². The highest BCUT2D eigenvalue weighted by molar-refractivity contribution is 6.13. The van der Waals surface area contributed by atoms with E-state index >= 15 is 0 Å². The van der Waals surface area contributed by atoms with Crippen LogP contribution in [-0.4, -0.2) is 13.1 Å². The van der Waals surface area contributed by atoms with Crippen LogP contribution < -0.4 is 15.4 Å². The molecule has 0 aromatic heterocycles. The second kappa shape index (κ2) is 5.74. The highest BCUT2D eigenvalue weighted by atomic mass is 16.5. The van der Waals surface area contributed by atoms with E-state index in [2.05, 4.69) is 41.0 Å². The molecule has 24 heavy (non-hydrogen) atoms. The lowest BCUT2D eigenvalue weighted by Crippen LogP contribution is -2.20. The van der Waals surface area contributed by atoms with Crippen LogP contribution in [0.3, 0.4) is 0 Å². The largest absolute Gasteiger partial charge is 0.497 e.